The molecule has 0 heterocycles. The predicted molar refractivity (Wildman–Crippen MR) is 65.2 cm³/mol. The molecule has 0 aromatic carbocycles. The van der Waals surface area contributed by atoms with Crippen LogP contribution in [0.5, 0.6) is 0 Å². The molecule has 2 aliphatic carbocycles. The quantitative estimate of drug-likeness (QED) is 0.725. The Morgan fingerprint density at radius 1 is 1.20 bits per heavy atom. The number of carboxylic acid groups (broad SMARTS) is 1. The fourth-order valence-corrected chi connectivity index (χ4v) is 3.19. The van der Waals surface area contributed by atoms with Crippen molar-refractivity contribution in [2.45, 2.75) is 50.0 Å². The Morgan fingerprint density at radius 3 is 2.30 bits per heavy atom. The van der Waals surface area contributed by atoms with Gasteiger partial charge in [-0.05, 0) is 19.3 Å². The van der Waals surface area contributed by atoms with Gasteiger partial charge in [0.05, 0.1) is 18.1 Å². The Hall–Kier alpha value is -1.24. The standard InChI is InChI=1S/C13H19F2NO4/c14-13(15)5-12(6-13,7-17)16-10(18)8-2-1-3-9(4-8)11(19)20/h8-9,17H,1-7H2,(H,16,18)(H,19,20)/t8-,9+/m1/s1. The highest BCUT2D eigenvalue weighted by atomic mass is 19.3. The van der Waals surface area contributed by atoms with E-state index in [2.05, 4.69) is 5.32 Å². The third kappa shape index (κ3) is 3.08. The largest absolute Gasteiger partial charge is 0.481 e. The van der Waals surface area contributed by atoms with Gasteiger partial charge in [0.15, 0.2) is 0 Å². The van der Waals surface area contributed by atoms with Crippen molar-refractivity contribution >= 4 is 11.9 Å². The fraction of sp³-hybridized carbons (Fsp3) is 0.846. The summed E-state index contributed by atoms with van der Waals surface area (Å²) in [6, 6.07) is 0. The van der Waals surface area contributed by atoms with Crippen LogP contribution < -0.4 is 5.32 Å². The number of amides is 1. The second kappa shape index (κ2) is 5.27. The Balaban J connectivity index is 1.93. The lowest BCUT2D eigenvalue weighted by atomic mass is 9.73. The number of halogens is 2. The fourth-order valence-electron chi connectivity index (χ4n) is 3.19. The van der Waals surface area contributed by atoms with Crippen LogP contribution >= 0.6 is 0 Å². The average Bonchev–Trinajstić information content (AvgIpc) is 2.36. The van der Waals surface area contributed by atoms with E-state index in [4.69, 9.17) is 5.11 Å². The normalized spacial score (nSPS) is 31.1. The van der Waals surface area contributed by atoms with Crippen LogP contribution in [0.2, 0.25) is 0 Å². The minimum atomic E-state index is -2.84. The van der Waals surface area contributed by atoms with Crippen molar-refractivity contribution in [2.24, 2.45) is 11.8 Å². The van der Waals surface area contributed by atoms with Crippen LogP contribution in [0.25, 0.3) is 0 Å². The number of hydrogen-bond acceptors (Lipinski definition) is 3. The van der Waals surface area contributed by atoms with Gasteiger partial charge in [-0.15, -0.1) is 0 Å². The minimum absolute atomic E-state index is 0.235. The zero-order chi connectivity index (χ0) is 15.0. The van der Waals surface area contributed by atoms with E-state index in [1.54, 1.807) is 0 Å². The molecule has 0 spiro atoms. The molecule has 2 rings (SSSR count). The number of carboxylic acids is 1. The van der Waals surface area contributed by atoms with E-state index in [1.807, 2.05) is 0 Å². The SMILES string of the molecule is O=C(O)[C@H]1CCC[C@@H](C(=O)NC2(CO)CC(F)(F)C2)C1. The first-order valence-electron chi connectivity index (χ1n) is 6.80. The van der Waals surface area contributed by atoms with Crippen molar-refractivity contribution in [1.82, 2.24) is 5.32 Å². The van der Waals surface area contributed by atoms with Crippen molar-refractivity contribution < 1.29 is 28.6 Å². The number of hydrogen-bond donors (Lipinski definition) is 3. The van der Waals surface area contributed by atoms with Crippen LogP contribution in [-0.4, -0.2) is 40.2 Å². The molecule has 7 heteroatoms. The third-order valence-electron chi connectivity index (χ3n) is 4.28. The van der Waals surface area contributed by atoms with Gasteiger partial charge in [0, 0.05) is 18.8 Å². The van der Waals surface area contributed by atoms with E-state index in [0.29, 0.717) is 19.3 Å². The molecular formula is C13H19F2NO4. The molecule has 20 heavy (non-hydrogen) atoms. The number of carbonyl (C=O) groups is 2. The molecular weight excluding hydrogens is 272 g/mol. The molecule has 0 radical (unpaired) electrons. The lowest BCUT2D eigenvalue weighted by Gasteiger charge is -2.47. The molecule has 0 bridgehead atoms. The van der Waals surface area contributed by atoms with Gasteiger partial charge in [-0.25, -0.2) is 8.78 Å². The number of aliphatic carboxylic acids is 1. The molecule has 0 unspecified atom stereocenters. The number of carbonyl (C=O) groups excluding carboxylic acids is 1. The molecule has 0 aromatic rings. The Bertz CT molecular complexity index is 405. The van der Waals surface area contributed by atoms with Crippen LogP contribution in [0.1, 0.15) is 38.5 Å². The summed E-state index contributed by atoms with van der Waals surface area (Å²) in [4.78, 5) is 23.0. The Labute approximate surface area is 115 Å². The molecule has 0 saturated heterocycles. The lowest BCUT2D eigenvalue weighted by Crippen LogP contribution is -2.65. The molecule has 2 saturated carbocycles. The highest BCUT2D eigenvalue weighted by molar-refractivity contribution is 5.81. The summed E-state index contributed by atoms with van der Waals surface area (Å²) in [5.74, 6) is -5.20. The summed E-state index contributed by atoms with van der Waals surface area (Å²) >= 11 is 0. The second-order valence-corrected chi connectivity index (χ2v) is 6.04. The van der Waals surface area contributed by atoms with E-state index in [-0.39, 0.29) is 6.42 Å². The first-order chi connectivity index (χ1) is 9.27. The second-order valence-electron chi connectivity index (χ2n) is 6.04. The number of aliphatic hydroxyl groups is 1. The first kappa shape index (κ1) is 15.2. The number of aliphatic hydroxyl groups excluding tert-OH is 1. The number of nitrogens with one attached hydrogen (secondary N) is 1. The molecule has 2 fully saturated rings. The van der Waals surface area contributed by atoms with Gasteiger partial charge in [0.1, 0.15) is 0 Å². The molecule has 1 amide bonds. The van der Waals surface area contributed by atoms with Gasteiger partial charge in [0.2, 0.25) is 5.91 Å². The highest BCUT2D eigenvalue weighted by Gasteiger charge is 2.57. The summed E-state index contributed by atoms with van der Waals surface area (Å²) in [6.45, 7) is -0.524. The highest BCUT2D eigenvalue weighted by Crippen LogP contribution is 2.45. The third-order valence-corrected chi connectivity index (χ3v) is 4.28. The summed E-state index contributed by atoms with van der Waals surface area (Å²) in [5, 5.41) is 20.7. The van der Waals surface area contributed by atoms with E-state index >= 15 is 0 Å². The number of rotatable bonds is 4. The van der Waals surface area contributed by atoms with E-state index in [1.165, 1.54) is 0 Å². The van der Waals surface area contributed by atoms with Crippen LogP contribution in [0.3, 0.4) is 0 Å². The summed E-state index contributed by atoms with van der Waals surface area (Å²) in [7, 11) is 0. The van der Waals surface area contributed by atoms with Gasteiger partial charge < -0.3 is 15.5 Å². The predicted octanol–water partition coefficient (Wildman–Crippen LogP) is 1.15. The summed E-state index contributed by atoms with van der Waals surface area (Å²) < 4.78 is 25.9. The lowest BCUT2D eigenvalue weighted by molar-refractivity contribution is -0.159. The van der Waals surface area contributed by atoms with Crippen molar-refractivity contribution in [3.05, 3.63) is 0 Å². The zero-order valence-electron chi connectivity index (χ0n) is 11.1. The van der Waals surface area contributed by atoms with Crippen molar-refractivity contribution in [3.8, 4) is 0 Å². The Morgan fingerprint density at radius 2 is 1.80 bits per heavy atom. The molecule has 2 atom stereocenters. The molecule has 3 N–H and O–H groups in total. The van der Waals surface area contributed by atoms with E-state index in [0.717, 1.165) is 0 Å². The maximum absolute atomic E-state index is 12.9. The van der Waals surface area contributed by atoms with Crippen LogP contribution in [0, 0.1) is 11.8 Å². The van der Waals surface area contributed by atoms with Gasteiger partial charge in [-0.2, -0.15) is 0 Å². The monoisotopic (exact) mass is 291 g/mol. The van der Waals surface area contributed by atoms with E-state index in [9.17, 15) is 23.5 Å². The topological polar surface area (TPSA) is 86.6 Å². The van der Waals surface area contributed by atoms with Gasteiger partial charge in [0.25, 0.3) is 5.92 Å². The molecule has 0 aliphatic heterocycles. The van der Waals surface area contributed by atoms with E-state index < -0.39 is 54.6 Å². The smallest absolute Gasteiger partial charge is 0.306 e. The summed E-state index contributed by atoms with van der Waals surface area (Å²) in [6.07, 6.45) is 0.862. The number of alkyl halides is 2. The van der Waals surface area contributed by atoms with Crippen LogP contribution in [0.4, 0.5) is 8.78 Å². The van der Waals surface area contributed by atoms with Crippen LogP contribution in [-0.2, 0) is 9.59 Å². The minimum Gasteiger partial charge on any atom is -0.481 e. The first-order valence-corrected chi connectivity index (χ1v) is 6.80. The average molecular weight is 291 g/mol. The van der Waals surface area contributed by atoms with Gasteiger partial charge >= 0.3 is 5.97 Å². The zero-order valence-corrected chi connectivity index (χ0v) is 11.1. The van der Waals surface area contributed by atoms with Gasteiger partial charge in [-0.1, -0.05) is 6.42 Å². The molecule has 5 nitrogen and oxygen atoms in total. The maximum atomic E-state index is 12.9. The molecule has 0 aromatic heterocycles. The van der Waals surface area contributed by atoms with Gasteiger partial charge in [-0.3, -0.25) is 9.59 Å². The maximum Gasteiger partial charge on any atom is 0.306 e. The Kier molecular flexibility index (Phi) is 4.00. The summed E-state index contributed by atoms with van der Waals surface area (Å²) in [5.41, 5.74) is -1.24. The van der Waals surface area contributed by atoms with Crippen molar-refractivity contribution in [2.75, 3.05) is 6.61 Å². The van der Waals surface area contributed by atoms with Crippen LogP contribution in [0.15, 0.2) is 0 Å². The van der Waals surface area contributed by atoms with Crippen molar-refractivity contribution in [3.63, 3.8) is 0 Å². The molecule has 2 aliphatic rings. The molecule has 114 valence electrons. The van der Waals surface area contributed by atoms with Crippen molar-refractivity contribution in [1.29, 1.82) is 0 Å².